The van der Waals surface area contributed by atoms with Gasteiger partial charge in [0.15, 0.2) is 0 Å². The van der Waals surface area contributed by atoms with Crippen LogP contribution in [0.4, 0.5) is 0 Å². The van der Waals surface area contributed by atoms with Crippen molar-refractivity contribution in [2.24, 2.45) is 0 Å². The predicted octanol–water partition coefficient (Wildman–Crippen LogP) is 4.34. The van der Waals surface area contributed by atoms with Crippen molar-refractivity contribution in [1.82, 2.24) is 10.2 Å². The molecule has 0 aliphatic heterocycles. The van der Waals surface area contributed by atoms with Crippen molar-refractivity contribution in [1.29, 1.82) is 5.41 Å². The molecule has 0 saturated carbocycles. The largest absolute Gasteiger partial charge is 0.298 e. The van der Waals surface area contributed by atoms with Crippen LogP contribution in [-0.4, -0.2) is 15.9 Å². The number of fused-ring (bicyclic) bond motifs is 3. The van der Waals surface area contributed by atoms with Gasteiger partial charge in [-0.25, -0.2) is 0 Å². The number of nitrogens with zero attached hydrogens (tertiary/aromatic N) is 2. The first-order valence-electron chi connectivity index (χ1n) is 6.26. The normalized spacial score (nSPS) is 11.4. The van der Waals surface area contributed by atoms with Gasteiger partial charge < -0.3 is 0 Å². The maximum absolute atomic E-state index is 8.29. The summed E-state index contributed by atoms with van der Waals surface area (Å²) in [6.45, 7) is 5.82. The van der Waals surface area contributed by atoms with Crippen molar-refractivity contribution in [3.63, 3.8) is 0 Å². The second-order valence-electron chi connectivity index (χ2n) is 4.43. The molecule has 0 aliphatic carbocycles. The van der Waals surface area contributed by atoms with E-state index in [1.807, 2.05) is 31.2 Å². The molecule has 1 N–H and O–H groups in total. The molecule has 98 valence electrons. The molecule has 0 spiro atoms. The highest BCUT2D eigenvalue weighted by molar-refractivity contribution is 7.25. The molecule has 0 atom stereocenters. The first kappa shape index (κ1) is 12.7. The second kappa shape index (κ2) is 4.98. The number of benzene rings is 1. The van der Waals surface area contributed by atoms with Gasteiger partial charge in [-0.1, -0.05) is 36.9 Å². The van der Waals surface area contributed by atoms with Crippen LogP contribution < -0.4 is 0 Å². The van der Waals surface area contributed by atoms with E-state index in [1.165, 1.54) is 4.70 Å². The molecule has 1 aromatic carbocycles. The molecule has 2 aromatic heterocycles. The Bertz CT molecular complexity index is 858. The summed E-state index contributed by atoms with van der Waals surface area (Å²) in [5.74, 6) is 0. The van der Waals surface area contributed by atoms with Gasteiger partial charge in [0, 0.05) is 15.5 Å². The fraction of sp³-hybridized carbons (Fsp3) is 0.0625. The van der Waals surface area contributed by atoms with Crippen LogP contribution in [0, 0.1) is 5.41 Å². The zero-order valence-electron chi connectivity index (χ0n) is 11.1. The number of hydrogen-bond donors (Lipinski definition) is 1. The summed E-state index contributed by atoms with van der Waals surface area (Å²) in [6.07, 6.45) is 5.45. The minimum absolute atomic E-state index is 0.324. The van der Waals surface area contributed by atoms with E-state index in [0.29, 0.717) is 17.0 Å². The van der Waals surface area contributed by atoms with Crippen LogP contribution in [0.5, 0.6) is 0 Å². The average Bonchev–Trinajstić information content (AvgIpc) is 2.85. The smallest absolute Gasteiger partial charge is 0.120 e. The Labute approximate surface area is 120 Å². The topological polar surface area (TPSA) is 49.6 Å². The van der Waals surface area contributed by atoms with E-state index in [-0.39, 0.29) is 0 Å². The molecule has 0 amide bonds. The molecule has 2 heterocycles. The van der Waals surface area contributed by atoms with E-state index in [1.54, 1.807) is 17.5 Å². The molecule has 3 nitrogen and oxygen atoms in total. The van der Waals surface area contributed by atoms with Crippen molar-refractivity contribution in [3.05, 3.63) is 60.5 Å². The van der Waals surface area contributed by atoms with Crippen LogP contribution in [0.25, 0.3) is 20.2 Å². The maximum atomic E-state index is 8.29. The van der Waals surface area contributed by atoms with E-state index < -0.39 is 0 Å². The number of allylic oxidation sites excluding steroid dienone is 3. The molecule has 0 bridgehead atoms. The molecule has 0 radical (unpaired) electrons. The molecule has 0 fully saturated rings. The van der Waals surface area contributed by atoms with Crippen LogP contribution >= 0.6 is 11.3 Å². The zero-order chi connectivity index (χ0) is 14.1. The predicted molar refractivity (Wildman–Crippen MR) is 85.7 cm³/mol. The van der Waals surface area contributed by atoms with Gasteiger partial charge in [-0.2, -0.15) is 5.10 Å². The van der Waals surface area contributed by atoms with Crippen molar-refractivity contribution in [2.45, 2.75) is 6.92 Å². The third kappa shape index (κ3) is 1.94. The summed E-state index contributed by atoms with van der Waals surface area (Å²) >= 11 is 1.67. The lowest BCUT2D eigenvalue weighted by molar-refractivity contribution is 1.04. The molecule has 3 rings (SSSR count). The second-order valence-corrected chi connectivity index (χ2v) is 5.51. The van der Waals surface area contributed by atoms with Gasteiger partial charge in [-0.3, -0.25) is 5.41 Å². The summed E-state index contributed by atoms with van der Waals surface area (Å²) in [4.78, 5) is 0. The van der Waals surface area contributed by atoms with Crippen molar-refractivity contribution in [2.75, 3.05) is 0 Å². The van der Waals surface area contributed by atoms with Crippen LogP contribution in [-0.2, 0) is 0 Å². The first-order valence-corrected chi connectivity index (χ1v) is 7.08. The maximum Gasteiger partial charge on any atom is 0.120 e. The lowest BCUT2D eigenvalue weighted by Gasteiger charge is -2.04. The van der Waals surface area contributed by atoms with E-state index in [4.69, 9.17) is 5.41 Å². The van der Waals surface area contributed by atoms with E-state index in [2.05, 4.69) is 28.9 Å². The van der Waals surface area contributed by atoms with E-state index in [9.17, 15) is 0 Å². The van der Waals surface area contributed by atoms with Gasteiger partial charge in [0.2, 0.25) is 0 Å². The lowest BCUT2D eigenvalue weighted by atomic mass is 10.0. The fourth-order valence-electron chi connectivity index (χ4n) is 2.20. The van der Waals surface area contributed by atoms with Crippen molar-refractivity contribution >= 4 is 37.2 Å². The van der Waals surface area contributed by atoms with E-state index >= 15 is 0 Å². The summed E-state index contributed by atoms with van der Waals surface area (Å²) in [6, 6.07) is 8.16. The number of thiophene rings is 1. The minimum atomic E-state index is 0.324. The molecule has 4 heteroatoms. The van der Waals surface area contributed by atoms with Crippen molar-refractivity contribution in [3.8, 4) is 0 Å². The van der Waals surface area contributed by atoms with E-state index in [0.717, 1.165) is 15.5 Å². The van der Waals surface area contributed by atoms with Gasteiger partial charge in [0.25, 0.3) is 0 Å². The monoisotopic (exact) mass is 279 g/mol. The lowest BCUT2D eigenvalue weighted by Crippen LogP contribution is -2.05. The summed E-state index contributed by atoms with van der Waals surface area (Å²) < 4.78 is 2.23. The minimum Gasteiger partial charge on any atom is -0.298 e. The van der Waals surface area contributed by atoms with Gasteiger partial charge in [0.05, 0.1) is 16.6 Å². The Hall–Kier alpha value is -2.33. The van der Waals surface area contributed by atoms with Gasteiger partial charge in [0.1, 0.15) is 5.69 Å². The molecular formula is C16H13N3S. The Morgan fingerprint density at radius 1 is 1.30 bits per heavy atom. The third-order valence-electron chi connectivity index (χ3n) is 3.12. The zero-order valence-corrected chi connectivity index (χ0v) is 11.9. The molecule has 0 unspecified atom stereocenters. The quantitative estimate of drug-likeness (QED) is 0.572. The van der Waals surface area contributed by atoms with Gasteiger partial charge >= 0.3 is 0 Å². The van der Waals surface area contributed by atoms with Crippen LogP contribution in [0.15, 0.2) is 54.8 Å². The molecule has 0 saturated heterocycles. The van der Waals surface area contributed by atoms with Gasteiger partial charge in [-0.15, -0.1) is 16.4 Å². The molecule has 0 aliphatic rings. The summed E-state index contributed by atoms with van der Waals surface area (Å²) in [5.41, 5.74) is 1.57. The summed E-state index contributed by atoms with van der Waals surface area (Å²) in [7, 11) is 0. The Balaban J connectivity index is 2.31. The number of rotatable bonds is 3. The Morgan fingerprint density at radius 3 is 2.90 bits per heavy atom. The highest BCUT2D eigenvalue weighted by Gasteiger charge is 2.15. The SMILES string of the molecule is C=C(/C=C\C)C(=N)c1nncc2sc3ccccc3c12. The van der Waals surface area contributed by atoms with Crippen LogP contribution in [0.3, 0.4) is 0 Å². The first-order chi connectivity index (χ1) is 9.72. The number of hydrogen-bond acceptors (Lipinski definition) is 4. The number of aromatic nitrogens is 2. The summed E-state index contributed by atoms with van der Waals surface area (Å²) in [5, 5.41) is 18.6. The Kier molecular flexibility index (Phi) is 3.16. The molecule has 20 heavy (non-hydrogen) atoms. The van der Waals surface area contributed by atoms with Gasteiger partial charge in [-0.05, 0) is 18.6 Å². The third-order valence-corrected chi connectivity index (χ3v) is 4.22. The standard InChI is InChI=1S/C16H13N3S/c1-3-6-10(2)15(17)16-14-11-7-4-5-8-12(11)20-13(14)9-18-19-16/h3-9,17H,2H2,1H3/b6-3-,17-15?. The highest BCUT2D eigenvalue weighted by Crippen LogP contribution is 2.34. The average molecular weight is 279 g/mol. The highest BCUT2D eigenvalue weighted by atomic mass is 32.1. The van der Waals surface area contributed by atoms with Crippen LogP contribution in [0.2, 0.25) is 0 Å². The molecular weight excluding hydrogens is 266 g/mol. The molecule has 3 aromatic rings. The Morgan fingerprint density at radius 2 is 2.10 bits per heavy atom. The fourth-order valence-corrected chi connectivity index (χ4v) is 3.27. The van der Waals surface area contributed by atoms with Crippen LogP contribution in [0.1, 0.15) is 12.6 Å². The number of nitrogens with one attached hydrogen (secondary N) is 1. The van der Waals surface area contributed by atoms with Crippen molar-refractivity contribution < 1.29 is 0 Å².